The third-order valence-electron chi connectivity index (χ3n) is 4.06. The Morgan fingerprint density at radius 3 is 2.86 bits per heavy atom. The molecule has 21 heavy (non-hydrogen) atoms. The number of piperazine rings is 1. The lowest BCUT2D eigenvalue weighted by atomic mass is 10.1. The Balaban J connectivity index is 2.12. The van der Waals surface area contributed by atoms with Gasteiger partial charge in [0.05, 0.1) is 13.5 Å². The Morgan fingerprint density at radius 1 is 1.43 bits per heavy atom. The molecule has 0 aromatic heterocycles. The standard InChI is InChI=1S/C16H23FN2O2/c1-4-14-11-18(2)7-8-19(14)16(20)10-12-9-13(17)5-6-15(12)21-3/h5-6,9,14H,4,7-8,10-11H2,1-3H3. The average molecular weight is 294 g/mol. The van der Waals surface area contributed by atoms with Crippen molar-refractivity contribution in [3.8, 4) is 5.75 Å². The maximum atomic E-state index is 13.4. The van der Waals surface area contributed by atoms with Crippen molar-refractivity contribution >= 4 is 5.91 Å². The van der Waals surface area contributed by atoms with Crippen LogP contribution in [0, 0.1) is 5.82 Å². The molecular formula is C16H23FN2O2. The lowest BCUT2D eigenvalue weighted by molar-refractivity contribution is -0.135. The summed E-state index contributed by atoms with van der Waals surface area (Å²) >= 11 is 0. The number of hydrogen-bond donors (Lipinski definition) is 0. The highest BCUT2D eigenvalue weighted by Gasteiger charge is 2.28. The monoisotopic (exact) mass is 294 g/mol. The van der Waals surface area contributed by atoms with Gasteiger partial charge in [-0.05, 0) is 31.7 Å². The first-order chi connectivity index (χ1) is 10.0. The van der Waals surface area contributed by atoms with E-state index in [1.165, 1.54) is 19.2 Å². The highest BCUT2D eigenvalue weighted by atomic mass is 19.1. The maximum absolute atomic E-state index is 13.4. The molecule has 0 spiro atoms. The minimum atomic E-state index is -0.344. The fourth-order valence-electron chi connectivity index (χ4n) is 2.84. The van der Waals surface area contributed by atoms with Crippen molar-refractivity contribution in [1.82, 2.24) is 9.80 Å². The molecular weight excluding hydrogens is 271 g/mol. The molecule has 1 aromatic rings. The number of hydrogen-bond acceptors (Lipinski definition) is 3. The van der Waals surface area contributed by atoms with Crippen LogP contribution in [0.2, 0.25) is 0 Å². The van der Waals surface area contributed by atoms with E-state index in [9.17, 15) is 9.18 Å². The van der Waals surface area contributed by atoms with Crippen LogP contribution in [-0.4, -0.2) is 55.5 Å². The number of amides is 1. The van der Waals surface area contributed by atoms with Crippen LogP contribution in [0.5, 0.6) is 5.75 Å². The van der Waals surface area contributed by atoms with Crippen molar-refractivity contribution in [3.63, 3.8) is 0 Å². The first-order valence-corrected chi connectivity index (χ1v) is 7.35. The van der Waals surface area contributed by atoms with Gasteiger partial charge in [-0.15, -0.1) is 0 Å². The number of likely N-dealkylation sites (N-methyl/N-ethyl adjacent to an activating group) is 1. The molecule has 0 N–H and O–H groups in total. The van der Waals surface area contributed by atoms with Crippen LogP contribution >= 0.6 is 0 Å². The third kappa shape index (κ3) is 3.73. The summed E-state index contributed by atoms with van der Waals surface area (Å²) in [6, 6.07) is 4.53. The Hall–Kier alpha value is -1.62. The van der Waals surface area contributed by atoms with Gasteiger partial charge >= 0.3 is 0 Å². The average Bonchev–Trinajstić information content (AvgIpc) is 2.47. The van der Waals surface area contributed by atoms with E-state index in [4.69, 9.17) is 4.74 Å². The molecule has 1 aliphatic heterocycles. The first-order valence-electron chi connectivity index (χ1n) is 7.35. The van der Waals surface area contributed by atoms with Crippen LogP contribution in [0.25, 0.3) is 0 Å². The number of benzene rings is 1. The second kappa shape index (κ2) is 6.89. The van der Waals surface area contributed by atoms with Crippen molar-refractivity contribution < 1.29 is 13.9 Å². The molecule has 116 valence electrons. The van der Waals surface area contributed by atoms with Gasteiger partial charge < -0.3 is 14.5 Å². The van der Waals surface area contributed by atoms with Crippen molar-refractivity contribution in [1.29, 1.82) is 0 Å². The van der Waals surface area contributed by atoms with Crippen LogP contribution in [0.3, 0.4) is 0 Å². The van der Waals surface area contributed by atoms with Gasteiger partial charge in [0, 0.05) is 31.2 Å². The van der Waals surface area contributed by atoms with Gasteiger partial charge in [-0.2, -0.15) is 0 Å². The Morgan fingerprint density at radius 2 is 2.19 bits per heavy atom. The fourth-order valence-corrected chi connectivity index (χ4v) is 2.84. The van der Waals surface area contributed by atoms with Crippen LogP contribution in [-0.2, 0) is 11.2 Å². The van der Waals surface area contributed by atoms with Crippen molar-refractivity contribution in [2.24, 2.45) is 0 Å². The minimum absolute atomic E-state index is 0.0406. The summed E-state index contributed by atoms with van der Waals surface area (Å²) < 4.78 is 18.6. The van der Waals surface area contributed by atoms with Crippen molar-refractivity contribution in [2.75, 3.05) is 33.8 Å². The van der Waals surface area contributed by atoms with Gasteiger partial charge in [0.15, 0.2) is 0 Å². The van der Waals surface area contributed by atoms with E-state index in [1.807, 2.05) is 4.90 Å². The van der Waals surface area contributed by atoms with E-state index in [0.717, 1.165) is 26.1 Å². The zero-order valence-electron chi connectivity index (χ0n) is 12.9. The molecule has 1 aliphatic rings. The molecule has 1 amide bonds. The van der Waals surface area contributed by atoms with Gasteiger partial charge in [-0.25, -0.2) is 4.39 Å². The molecule has 0 aliphatic carbocycles. The quantitative estimate of drug-likeness (QED) is 0.850. The molecule has 1 atom stereocenters. The molecule has 2 rings (SSSR count). The molecule has 1 saturated heterocycles. The second-order valence-electron chi connectivity index (χ2n) is 5.54. The van der Waals surface area contributed by atoms with Crippen LogP contribution in [0.15, 0.2) is 18.2 Å². The molecule has 1 unspecified atom stereocenters. The molecule has 1 heterocycles. The van der Waals surface area contributed by atoms with Gasteiger partial charge in [-0.3, -0.25) is 4.79 Å². The molecule has 5 heteroatoms. The van der Waals surface area contributed by atoms with Gasteiger partial charge in [-0.1, -0.05) is 6.92 Å². The second-order valence-corrected chi connectivity index (χ2v) is 5.54. The predicted octanol–water partition coefficient (Wildman–Crippen LogP) is 1.93. The molecule has 1 aromatic carbocycles. The first kappa shape index (κ1) is 15.8. The van der Waals surface area contributed by atoms with Crippen molar-refractivity contribution in [3.05, 3.63) is 29.6 Å². The van der Waals surface area contributed by atoms with Crippen LogP contribution < -0.4 is 4.74 Å². The number of rotatable bonds is 4. The summed E-state index contributed by atoms with van der Waals surface area (Å²) in [6.07, 6.45) is 1.11. The summed E-state index contributed by atoms with van der Waals surface area (Å²) in [5, 5.41) is 0. The summed E-state index contributed by atoms with van der Waals surface area (Å²) in [6.45, 7) is 4.59. The highest BCUT2D eigenvalue weighted by molar-refractivity contribution is 5.80. The van der Waals surface area contributed by atoms with E-state index in [-0.39, 0.29) is 24.2 Å². The Bertz CT molecular complexity index is 507. The minimum Gasteiger partial charge on any atom is -0.496 e. The Labute approximate surface area is 125 Å². The Kier molecular flexibility index (Phi) is 5.17. The van der Waals surface area contributed by atoms with Gasteiger partial charge in [0.1, 0.15) is 11.6 Å². The SMILES string of the molecule is CCC1CN(C)CCN1C(=O)Cc1cc(F)ccc1OC. The summed E-state index contributed by atoms with van der Waals surface area (Å²) in [4.78, 5) is 16.7. The van der Waals surface area contributed by atoms with Gasteiger partial charge in [0.2, 0.25) is 5.91 Å². The van der Waals surface area contributed by atoms with Crippen LogP contribution in [0.4, 0.5) is 4.39 Å². The lowest BCUT2D eigenvalue weighted by Gasteiger charge is -2.39. The maximum Gasteiger partial charge on any atom is 0.227 e. The predicted molar refractivity (Wildman–Crippen MR) is 79.9 cm³/mol. The van der Waals surface area contributed by atoms with Crippen molar-refractivity contribution in [2.45, 2.75) is 25.8 Å². The highest BCUT2D eigenvalue weighted by Crippen LogP contribution is 2.22. The fraction of sp³-hybridized carbons (Fsp3) is 0.562. The summed E-state index contributed by atoms with van der Waals surface area (Å²) in [5.41, 5.74) is 0.608. The van der Waals surface area contributed by atoms with E-state index in [0.29, 0.717) is 11.3 Å². The summed E-state index contributed by atoms with van der Waals surface area (Å²) in [7, 11) is 3.60. The number of methoxy groups -OCH3 is 1. The zero-order valence-corrected chi connectivity index (χ0v) is 12.9. The van der Waals surface area contributed by atoms with E-state index in [2.05, 4.69) is 18.9 Å². The number of nitrogens with zero attached hydrogens (tertiary/aromatic N) is 2. The van der Waals surface area contributed by atoms with E-state index in [1.54, 1.807) is 6.07 Å². The number of ether oxygens (including phenoxy) is 1. The largest absolute Gasteiger partial charge is 0.496 e. The van der Waals surface area contributed by atoms with Crippen LogP contribution in [0.1, 0.15) is 18.9 Å². The smallest absolute Gasteiger partial charge is 0.227 e. The number of halogens is 1. The van der Waals surface area contributed by atoms with E-state index < -0.39 is 0 Å². The molecule has 1 fully saturated rings. The number of carbonyl (C=O) groups excluding carboxylic acids is 1. The topological polar surface area (TPSA) is 32.8 Å². The number of carbonyl (C=O) groups is 1. The van der Waals surface area contributed by atoms with Gasteiger partial charge in [0.25, 0.3) is 0 Å². The molecule has 4 nitrogen and oxygen atoms in total. The lowest BCUT2D eigenvalue weighted by Crippen LogP contribution is -2.54. The third-order valence-corrected chi connectivity index (χ3v) is 4.06. The molecule has 0 bridgehead atoms. The summed E-state index contributed by atoms with van der Waals surface area (Å²) in [5.74, 6) is 0.259. The normalized spacial score (nSPS) is 19.6. The van der Waals surface area contributed by atoms with E-state index >= 15 is 0 Å². The zero-order chi connectivity index (χ0) is 15.4. The molecule has 0 radical (unpaired) electrons. The molecule has 0 saturated carbocycles.